The lowest BCUT2D eigenvalue weighted by Crippen LogP contribution is -2.40. The van der Waals surface area contributed by atoms with Gasteiger partial charge in [-0.3, -0.25) is 4.79 Å². The molecule has 0 bridgehead atoms. The minimum Gasteiger partial charge on any atom is -0.504 e. The molecule has 9 heteroatoms. The molecule has 0 unspecified atom stereocenters. The quantitative estimate of drug-likeness (QED) is 0.674. The van der Waals surface area contributed by atoms with E-state index < -0.39 is 16.1 Å². The SMILES string of the molecule is COc1cc(CNS(=O)(=O)NC(=O)Cc2ccccc2)c(Cl)cc1O. The maximum atomic E-state index is 12.0. The summed E-state index contributed by atoms with van der Waals surface area (Å²) in [5.74, 6) is -0.657. The molecule has 0 aromatic heterocycles. The van der Waals surface area contributed by atoms with Crippen LogP contribution in [-0.4, -0.2) is 26.5 Å². The van der Waals surface area contributed by atoms with Crippen molar-refractivity contribution in [3.8, 4) is 11.5 Å². The number of amides is 1. The van der Waals surface area contributed by atoms with E-state index in [1.807, 2.05) is 4.72 Å². The number of carbonyl (C=O) groups is 1. The van der Waals surface area contributed by atoms with Gasteiger partial charge in [-0.1, -0.05) is 41.9 Å². The molecule has 3 N–H and O–H groups in total. The molecule has 0 atom stereocenters. The molecule has 25 heavy (non-hydrogen) atoms. The predicted molar refractivity (Wildman–Crippen MR) is 93.7 cm³/mol. The maximum absolute atomic E-state index is 12.0. The standard InChI is InChI=1S/C16H17ClN2O5S/c1-24-15-8-12(13(17)9-14(15)20)10-18-25(22,23)19-16(21)7-11-5-3-2-4-6-11/h2-6,8-9,18,20H,7,10H2,1H3,(H,19,21). The van der Waals surface area contributed by atoms with Gasteiger partial charge in [-0.15, -0.1) is 0 Å². The van der Waals surface area contributed by atoms with E-state index in [0.717, 1.165) is 0 Å². The molecule has 0 saturated heterocycles. The second-order valence-electron chi connectivity index (χ2n) is 5.13. The number of ether oxygens (including phenoxy) is 1. The minimum absolute atomic E-state index is 0.0600. The molecule has 134 valence electrons. The van der Waals surface area contributed by atoms with Gasteiger partial charge < -0.3 is 9.84 Å². The Morgan fingerprint density at radius 1 is 1.24 bits per heavy atom. The summed E-state index contributed by atoms with van der Waals surface area (Å²) in [4.78, 5) is 11.8. The van der Waals surface area contributed by atoms with E-state index >= 15 is 0 Å². The Bertz CT molecular complexity index is 856. The zero-order chi connectivity index (χ0) is 18.4. The Kier molecular flexibility index (Phi) is 6.24. The zero-order valence-electron chi connectivity index (χ0n) is 13.3. The van der Waals surface area contributed by atoms with Gasteiger partial charge in [-0.05, 0) is 17.2 Å². The molecule has 0 heterocycles. The van der Waals surface area contributed by atoms with Crippen molar-refractivity contribution in [3.05, 3.63) is 58.6 Å². The Morgan fingerprint density at radius 2 is 1.92 bits per heavy atom. The maximum Gasteiger partial charge on any atom is 0.301 e. The number of carbonyl (C=O) groups excluding carboxylic acids is 1. The molecule has 0 aliphatic heterocycles. The molecule has 0 aliphatic carbocycles. The summed E-state index contributed by atoms with van der Waals surface area (Å²) < 4.78 is 33.0. The van der Waals surface area contributed by atoms with Crippen LogP contribution in [0.5, 0.6) is 11.5 Å². The summed E-state index contributed by atoms with van der Waals surface area (Å²) in [7, 11) is -2.70. The van der Waals surface area contributed by atoms with Crippen LogP contribution in [0.1, 0.15) is 11.1 Å². The first-order chi connectivity index (χ1) is 11.8. The molecule has 1 amide bonds. The van der Waals surface area contributed by atoms with Gasteiger partial charge in [0.05, 0.1) is 13.5 Å². The van der Waals surface area contributed by atoms with Crippen LogP contribution in [0.25, 0.3) is 0 Å². The van der Waals surface area contributed by atoms with E-state index in [0.29, 0.717) is 11.1 Å². The molecule has 0 radical (unpaired) electrons. The van der Waals surface area contributed by atoms with Crippen molar-refractivity contribution in [1.82, 2.24) is 9.44 Å². The molecule has 2 aromatic rings. The number of phenolic OH excluding ortho intramolecular Hbond substituents is 1. The van der Waals surface area contributed by atoms with Gasteiger partial charge >= 0.3 is 10.2 Å². The van der Waals surface area contributed by atoms with Crippen molar-refractivity contribution < 1.29 is 23.1 Å². The lowest BCUT2D eigenvalue weighted by Gasteiger charge is -2.11. The Labute approximate surface area is 150 Å². The molecule has 7 nitrogen and oxygen atoms in total. The third kappa shape index (κ3) is 5.63. The Hall–Kier alpha value is -2.29. The van der Waals surface area contributed by atoms with E-state index in [-0.39, 0.29) is 29.5 Å². The van der Waals surface area contributed by atoms with E-state index in [9.17, 15) is 18.3 Å². The summed E-state index contributed by atoms with van der Waals surface area (Å²) in [5, 5.41) is 9.76. The predicted octanol–water partition coefficient (Wildman–Crippen LogP) is 1.75. The number of benzene rings is 2. The second kappa shape index (κ2) is 8.19. The number of aromatic hydroxyl groups is 1. The van der Waals surface area contributed by atoms with Crippen LogP contribution in [0.4, 0.5) is 0 Å². The molecule has 2 rings (SSSR count). The summed E-state index contributed by atoms with van der Waals surface area (Å²) >= 11 is 5.96. The summed E-state index contributed by atoms with van der Waals surface area (Å²) in [6.45, 7) is -0.177. The number of phenols is 1. The van der Waals surface area contributed by atoms with Crippen LogP contribution in [0.15, 0.2) is 42.5 Å². The fourth-order valence-corrected chi connectivity index (χ4v) is 3.07. The Morgan fingerprint density at radius 3 is 2.56 bits per heavy atom. The van der Waals surface area contributed by atoms with Gasteiger partial charge in [0.25, 0.3) is 0 Å². The van der Waals surface area contributed by atoms with E-state index in [2.05, 4.69) is 4.72 Å². The number of methoxy groups -OCH3 is 1. The highest BCUT2D eigenvalue weighted by Gasteiger charge is 2.16. The van der Waals surface area contributed by atoms with Crippen molar-refractivity contribution in [3.63, 3.8) is 0 Å². The fraction of sp³-hybridized carbons (Fsp3) is 0.188. The highest BCUT2D eigenvalue weighted by atomic mass is 35.5. The van der Waals surface area contributed by atoms with Gasteiger partial charge in [0, 0.05) is 17.6 Å². The van der Waals surface area contributed by atoms with Crippen molar-refractivity contribution >= 4 is 27.7 Å². The van der Waals surface area contributed by atoms with Gasteiger partial charge in [0.1, 0.15) is 0 Å². The Balaban J connectivity index is 1.98. The third-order valence-electron chi connectivity index (χ3n) is 3.26. The molecule has 2 aromatic carbocycles. The molecule has 0 saturated carbocycles. The lowest BCUT2D eigenvalue weighted by atomic mass is 10.1. The first kappa shape index (κ1) is 19.0. The monoisotopic (exact) mass is 384 g/mol. The van der Waals surface area contributed by atoms with Gasteiger partial charge in [-0.2, -0.15) is 13.1 Å². The van der Waals surface area contributed by atoms with Gasteiger partial charge in [0.2, 0.25) is 5.91 Å². The fourth-order valence-electron chi connectivity index (χ4n) is 2.06. The number of hydrogen-bond donors (Lipinski definition) is 3. The van der Waals surface area contributed by atoms with Gasteiger partial charge in [-0.25, -0.2) is 4.72 Å². The molecule has 0 spiro atoms. The molecular formula is C16H17ClN2O5S. The van der Waals surface area contributed by atoms with Crippen LogP contribution in [0.2, 0.25) is 5.02 Å². The number of halogens is 1. The van der Waals surface area contributed by atoms with Crippen LogP contribution < -0.4 is 14.2 Å². The average molecular weight is 385 g/mol. The van der Waals surface area contributed by atoms with E-state index in [1.165, 1.54) is 19.2 Å². The second-order valence-corrected chi connectivity index (χ2v) is 7.03. The molecular weight excluding hydrogens is 368 g/mol. The van der Waals surface area contributed by atoms with Crippen molar-refractivity contribution in [2.75, 3.05) is 7.11 Å². The smallest absolute Gasteiger partial charge is 0.301 e. The minimum atomic E-state index is -4.06. The zero-order valence-corrected chi connectivity index (χ0v) is 14.9. The van der Waals surface area contributed by atoms with Crippen LogP contribution in [-0.2, 0) is 28.0 Å². The normalized spacial score (nSPS) is 11.1. The largest absolute Gasteiger partial charge is 0.504 e. The van der Waals surface area contributed by atoms with Crippen LogP contribution >= 0.6 is 11.6 Å². The number of rotatable bonds is 7. The molecule has 0 fully saturated rings. The van der Waals surface area contributed by atoms with E-state index in [1.54, 1.807) is 30.3 Å². The van der Waals surface area contributed by atoms with Crippen molar-refractivity contribution in [1.29, 1.82) is 0 Å². The summed E-state index contributed by atoms with van der Waals surface area (Å²) in [6.07, 6.45) is -0.0600. The molecule has 0 aliphatic rings. The average Bonchev–Trinajstić information content (AvgIpc) is 2.54. The van der Waals surface area contributed by atoms with Crippen LogP contribution in [0.3, 0.4) is 0 Å². The number of hydrogen-bond acceptors (Lipinski definition) is 5. The highest BCUT2D eigenvalue weighted by molar-refractivity contribution is 7.88. The van der Waals surface area contributed by atoms with Crippen molar-refractivity contribution in [2.45, 2.75) is 13.0 Å². The highest BCUT2D eigenvalue weighted by Crippen LogP contribution is 2.32. The number of nitrogens with one attached hydrogen (secondary N) is 2. The third-order valence-corrected chi connectivity index (χ3v) is 4.63. The summed E-state index contributed by atoms with van der Waals surface area (Å²) in [6, 6.07) is 11.4. The summed E-state index contributed by atoms with van der Waals surface area (Å²) in [5.41, 5.74) is 1.08. The van der Waals surface area contributed by atoms with E-state index in [4.69, 9.17) is 16.3 Å². The first-order valence-corrected chi connectivity index (χ1v) is 9.06. The topological polar surface area (TPSA) is 105 Å². The van der Waals surface area contributed by atoms with Gasteiger partial charge in [0.15, 0.2) is 11.5 Å². The first-order valence-electron chi connectivity index (χ1n) is 7.20. The lowest BCUT2D eigenvalue weighted by molar-refractivity contribution is -0.118. The van der Waals surface area contributed by atoms with Crippen LogP contribution in [0, 0.1) is 0 Å². The van der Waals surface area contributed by atoms with Crippen molar-refractivity contribution in [2.24, 2.45) is 0 Å².